The third kappa shape index (κ3) is 2.59. The van der Waals surface area contributed by atoms with Gasteiger partial charge in [-0.3, -0.25) is 14.9 Å². The number of amides is 1. The lowest BCUT2D eigenvalue weighted by Gasteiger charge is -2.35. The molecule has 1 amide bonds. The number of nitrogens with one attached hydrogen (secondary N) is 1. The average molecular weight is 306 g/mol. The summed E-state index contributed by atoms with van der Waals surface area (Å²) in [7, 11) is 0. The van der Waals surface area contributed by atoms with E-state index in [9.17, 15) is 4.79 Å². The van der Waals surface area contributed by atoms with E-state index >= 15 is 0 Å². The van der Waals surface area contributed by atoms with E-state index in [1.165, 1.54) is 0 Å². The zero-order valence-corrected chi connectivity index (χ0v) is 12.8. The fourth-order valence-corrected chi connectivity index (χ4v) is 3.30. The van der Waals surface area contributed by atoms with E-state index < -0.39 is 0 Å². The SMILES string of the molecule is O=C(c1cnc2ccccc2c1)N1CCCCC1c1ccn[nH]1. The molecule has 23 heavy (non-hydrogen) atoms. The van der Waals surface area contributed by atoms with Crippen LogP contribution in [0.25, 0.3) is 10.9 Å². The van der Waals surface area contributed by atoms with Gasteiger partial charge >= 0.3 is 0 Å². The number of aromatic nitrogens is 3. The molecule has 3 heterocycles. The Bertz CT molecular complexity index is 828. The Morgan fingerprint density at radius 1 is 1.22 bits per heavy atom. The van der Waals surface area contributed by atoms with Gasteiger partial charge in [0.1, 0.15) is 0 Å². The van der Waals surface area contributed by atoms with Gasteiger partial charge in [0.25, 0.3) is 5.91 Å². The maximum absolute atomic E-state index is 13.0. The molecule has 1 aliphatic rings. The molecule has 0 spiro atoms. The summed E-state index contributed by atoms with van der Waals surface area (Å²) in [6, 6.07) is 11.8. The Morgan fingerprint density at radius 2 is 2.13 bits per heavy atom. The van der Waals surface area contributed by atoms with Crippen molar-refractivity contribution in [3.63, 3.8) is 0 Å². The van der Waals surface area contributed by atoms with Gasteiger partial charge in [-0.15, -0.1) is 0 Å². The molecule has 5 nitrogen and oxygen atoms in total. The molecular weight excluding hydrogens is 288 g/mol. The van der Waals surface area contributed by atoms with Crippen LogP contribution in [0, 0.1) is 0 Å². The van der Waals surface area contributed by atoms with Gasteiger partial charge in [0.2, 0.25) is 0 Å². The highest BCUT2D eigenvalue weighted by Gasteiger charge is 2.29. The van der Waals surface area contributed by atoms with Crippen LogP contribution >= 0.6 is 0 Å². The number of fused-ring (bicyclic) bond motifs is 1. The topological polar surface area (TPSA) is 61.9 Å². The minimum atomic E-state index is 0.0440. The zero-order valence-electron chi connectivity index (χ0n) is 12.8. The average Bonchev–Trinajstić information content (AvgIpc) is 3.15. The Morgan fingerprint density at radius 3 is 3.00 bits per heavy atom. The number of aromatic amines is 1. The molecule has 1 fully saturated rings. The molecule has 116 valence electrons. The van der Waals surface area contributed by atoms with E-state index in [4.69, 9.17) is 0 Å². The predicted octanol–water partition coefficient (Wildman–Crippen LogP) is 3.33. The van der Waals surface area contributed by atoms with Crippen molar-refractivity contribution in [2.75, 3.05) is 6.54 Å². The summed E-state index contributed by atoms with van der Waals surface area (Å²) in [5.74, 6) is 0.0440. The van der Waals surface area contributed by atoms with Gasteiger partial charge < -0.3 is 4.90 Å². The first-order chi connectivity index (χ1) is 11.3. The van der Waals surface area contributed by atoms with Crippen molar-refractivity contribution in [1.29, 1.82) is 0 Å². The predicted molar refractivity (Wildman–Crippen MR) is 88.0 cm³/mol. The van der Waals surface area contributed by atoms with Crippen molar-refractivity contribution in [1.82, 2.24) is 20.1 Å². The number of likely N-dealkylation sites (tertiary alicyclic amines) is 1. The molecule has 1 saturated heterocycles. The Balaban J connectivity index is 1.67. The first kappa shape index (κ1) is 13.9. The van der Waals surface area contributed by atoms with Gasteiger partial charge in [0.05, 0.1) is 22.8 Å². The summed E-state index contributed by atoms with van der Waals surface area (Å²) in [4.78, 5) is 19.4. The van der Waals surface area contributed by atoms with E-state index in [0.717, 1.165) is 42.4 Å². The van der Waals surface area contributed by atoms with Crippen LogP contribution in [0.4, 0.5) is 0 Å². The first-order valence-electron chi connectivity index (χ1n) is 7.98. The highest BCUT2D eigenvalue weighted by molar-refractivity contribution is 5.97. The van der Waals surface area contributed by atoms with Crippen molar-refractivity contribution in [3.8, 4) is 0 Å². The van der Waals surface area contributed by atoms with E-state index in [1.807, 2.05) is 41.3 Å². The molecule has 0 bridgehead atoms. The third-order valence-corrected chi connectivity index (χ3v) is 4.48. The molecule has 1 unspecified atom stereocenters. The van der Waals surface area contributed by atoms with Crippen molar-refractivity contribution >= 4 is 16.8 Å². The minimum Gasteiger partial charge on any atom is -0.330 e. The second-order valence-electron chi connectivity index (χ2n) is 5.94. The lowest BCUT2D eigenvalue weighted by atomic mass is 9.98. The van der Waals surface area contributed by atoms with Gasteiger partial charge in [-0.2, -0.15) is 5.10 Å². The van der Waals surface area contributed by atoms with Crippen molar-refractivity contribution in [3.05, 3.63) is 60.0 Å². The van der Waals surface area contributed by atoms with Crippen LogP contribution in [0.3, 0.4) is 0 Å². The number of carbonyl (C=O) groups excluding carboxylic acids is 1. The van der Waals surface area contributed by atoms with Crippen LogP contribution in [0.2, 0.25) is 0 Å². The van der Waals surface area contributed by atoms with Crippen molar-refractivity contribution in [2.24, 2.45) is 0 Å². The monoisotopic (exact) mass is 306 g/mol. The van der Waals surface area contributed by atoms with Gasteiger partial charge in [-0.1, -0.05) is 18.2 Å². The first-order valence-corrected chi connectivity index (χ1v) is 7.98. The second kappa shape index (κ2) is 5.83. The Hall–Kier alpha value is -2.69. The lowest BCUT2D eigenvalue weighted by Crippen LogP contribution is -2.38. The lowest BCUT2D eigenvalue weighted by molar-refractivity contribution is 0.0606. The fourth-order valence-electron chi connectivity index (χ4n) is 3.30. The Labute approximate surface area is 134 Å². The Kier molecular flexibility index (Phi) is 3.54. The standard InChI is InChI=1S/C18H18N4O/c23-18(14-11-13-5-1-2-6-15(13)19-12-14)22-10-4-3-7-17(22)16-8-9-20-21-16/h1-2,5-6,8-9,11-12,17H,3-4,7,10H2,(H,20,21). The second-order valence-corrected chi connectivity index (χ2v) is 5.94. The summed E-state index contributed by atoms with van der Waals surface area (Å²) < 4.78 is 0. The number of hydrogen-bond acceptors (Lipinski definition) is 3. The molecule has 1 aliphatic heterocycles. The molecular formula is C18H18N4O. The van der Waals surface area contributed by atoms with E-state index in [-0.39, 0.29) is 11.9 Å². The van der Waals surface area contributed by atoms with E-state index in [1.54, 1.807) is 12.4 Å². The number of pyridine rings is 1. The van der Waals surface area contributed by atoms with Gasteiger partial charge in [0, 0.05) is 24.3 Å². The summed E-state index contributed by atoms with van der Waals surface area (Å²) in [6.07, 6.45) is 6.56. The molecule has 2 aromatic heterocycles. The molecule has 1 aromatic carbocycles. The fraction of sp³-hybridized carbons (Fsp3) is 0.278. The number of H-pyrrole nitrogens is 1. The van der Waals surface area contributed by atoms with Crippen LogP contribution in [-0.2, 0) is 0 Å². The maximum Gasteiger partial charge on any atom is 0.256 e. The summed E-state index contributed by atoms with van der Waals surface area (Å²) in [6.45, 7) is 0.773. The van der Waals surface area contributed by atoms with Crippen LogP contribution in [-0.4, -0.2) is 32.5 Å². The molecule has 1 N–H and O–H groups in total. The summed E-state index contributed by atoms with van der Waals surface area (Å²) >= 11 is 0. The van der Waals surface area contributed by atoms with Gasteiger partial charge in [0.15, 0.2) is 0 Å². The van der Waals surface area contributed by atoms with Gasteiger partial charge in [-0.25, -0.2) is 0 Å². The van der Waals surface area contributed by atoms with Crippen molar-refractivity contribution in [2.45, 2.75) is 25.3 Å². The molecule has 4 rings (SSSR count). The third-order valence-electron chi connectivity index (χ3n) is 4.48. The van der Waals surface area contributed by atoms with Crippen LogP contribution in [0.15, 0.2) is 48.8 Å². The smallest absolute Gasteiger partial charge is 0.256 e. The molecule has 0 radical (unpaired) electrons. The van der Waals surface area contributed by atoms with Gasteiger partial charge in [-0.05, 0) is 37.5 Å². The normalized spacial score (nSPS) is 18.3. The van der Waals surface area contributed by atoms with Crippen LogP contribution in [0.5, 0.6) is 0 Å². The number of piperidine rings is 1. The molecule has 3 aromatic rings. The summed E-state index contributed by atoms with van der Waals surface area (Å²) in [5.41, 5.74) is 2.56. The number of nitrogens with zero attached hydrogens (tertiary/aromatic N) is 3. The zero-order chi connectivity index (χ0) is 15.6. The van der Waals surface area contributed by atoms with Crippen LogP contribution < -0.4 is 0 Å². The summed E-state index contributed by atoms with van der Waals surface area (Å²) in [5, 5.41) is 8.04. The highest BCUT2D eigenvalue weighted by atomic mass is 16.2. The molecule has 0 aliphatic carbocycles. The molecule has 5 heteroatoms. The number of para-hydroxylation sites is 1. The number of benzene rings is 1. The van der Waals surface area contributed by atoms with E-state index in [2.05, 4.69) is 15.2 Å². The van der Waals surface area contributed by atoms with E-state index in [0.29, 0.717) is 5.56 Å². The van der Waals surface area contributed by atoms with Crippen LogP contribution in [0.1, 0.15) is 41.4 Å². The van der Waals surface area contributed by atoms with Crippen molar-refractivity contribution < 1.29 is 4.79 Å². The molecule has 1 atom stereocenters. The number of hydrogen-bond donors (Lipinski definition) is 1. The molecule has 0 saturated carbocycles. The minimum absolute atomic E-state index is 0.0440. The number of rotatable bonds is 2. The largest absolute Gasteiger partial charge is 0.330 e. The maximum atomic E-state index is 13.0. The number of carbonyl (C=O) groups is 1. The highest BCUT2D eigenvalue weighted by Crippen LogP contribution is 2.31. The quantitative estimate of drug-likeness (QED) is 0.790.